The van der Waals surface area contributed by atoms with E-state index >= 15 is 0 Å². The summed E-state index contributed by atoms with van der Waals surface area (Å²) in [5, 5.41) is 9.07. The zero-order valence-electron chi connectivity index (χ0n) is 11.8. The number of carbonyl (C=O) groups excluding carboxylic acids is 1. The summed E-state index contributed by atoms with van der Waals surface area (Å²) < 4.78 is 0. The molecule has 0 aromatic heterocycles. The summed E-state index contributed by atoms with van der Waals surface area (Å²) in [4.78, 5) is 14.0. The smallest absolute Gasteiger partial charge is 0.227 e. The molecule has 0 saturated carbocycles. The Morgan fingerprint density at radius 2 is 2.05 bits per heavy atom. The highest BCUT2D eigenvalue weighted by Gasteiger charge is 2.22. The van der Waals surface area contributed by atoms with Gasteiger partial charge in [-0.2, -0.15) is 5.26 Å². The molecule has 0 saturated heterocycles. The van der Waals surface area contributed by atoms with E-state index in [0.717, 1.165) is 5.56 Å². The minimum Gasteiger partial charge on any atom is -0.338 e. The standard InChI is InChI=1S/C15H21N3O/c1-4-18(15(19)11(2)12(3)17)10-14-8-6-5-7-13(14)9-16/h5-8,11-12H,4,10,17H2,1-3H3. The molecule has 0 aliphatic carbocycles. The van der Waals surface area contributed by atoms with Crippen molar-refractivity contribution in [2.24, 2.45) is 11.7 Å². The van der Waals surface area contributed by atoms with E-state index in [-0.39, 0.29) is 17.9 Å². The van der Waals surface area contributed by atoms with Crippen molar-refractivity contribution >= 4 is 5.91 Å². The monoisotopic (exact) mass is 259 g/mol. The fraction of sp³-hybridized carbons (Fsp3) is 0.467. The van der Waals surface area contributed by atoms with Gasteiger partial charge in [-0.3, -0.25) is 4.79 Å². The highest BCUT2D eigenvalue weighted by Crippen LogP contribution is 2.14. The third-order valence-corrected chi connectivity index (χ3v) is 3.37. The fourth-order valence-corrected chi connectivity index (χ4v) is 1.83. The quantitative estimate of drug-likeness (QED) is 0.877. The van der Waals surface area contributed by atoms with Gasteiger partial charge in [0.05, 0.1) is 17.6 Å². The van der Waals surface area contributed by atoms with Crippen molar-refractivity contribution in [2.45, 2.75) is 33.4 Å². The van der Waals surface area contributed by atoms with Gasteiger partial charge in [-0.1, -0.05) is 25.1 Å². The summed E-state index contributed by atoms with van der Waals surface area (Å²) in [5.41, 5.74) is 7.26. The molecule has 4 heteroatoms. The predicted molar refractivity (Wildman–Crippen MR) is 75.1 cm³/mol. The molecule has 0 fully saturated rings. The first-order valence-corrected chi connectivity index (χ1v) is 6.53. The van der Waals surface area contributed by atoms with Gasteiger partial charge >= 0.3 is 0 Å². The molecule has 1 aromatic rings. The molecule has 2 N–H and O–H groups in total. The molecule has 0 heterocycles. The molecule has 1 amide bonds. The summed E-state index contributed by atoms with van der Waals surface area (Å²) >= 11 is 0. The first-order valence-electron chi connectivity index (χ1n) is 6.53. The molecule has 2 unspecified atom stereocenters. The van der Waals surface area contributed by atoms with Gasteiger partial charge in [-0.15, -0.1) is 0 Å². The molecule has 102 valence electrons. The molecule has 1 aromatic carbocycles. The van der Waals surface area contributed by atoms with Crippen molar-refractivity contribution in [2.75, 3.05) is 6.54 Å². The van der Waals surface area contributed by atoms with Crippen LogP contribution in [0, 0.1) is 17.2 Å². The maximum Gasteiger partial charge on any atom is 0.227 e. The molecule has 0 aliphatic rings. The van der Waals surface area contributed by atoms with Gasteiger partial charge in [0.15, 0.2) is 0 Å². The Bertz CT molecular complexity index is 477. The van der Waals surface area contributed by atoms with Crippen LogP contribution in [0.1, 0.15) is 31.9 Å². The zero-order chi connectivity index (χ0) is 14.4. The molecule has 2 atom stereocenters. The topological polar surface area (TPSA) is 70.1 Å². The van der Waals surface area contributed by atoms with Crippen LogP contribution < -0.4 is 5.73 Å². The number of hydrogen-bond donors (Lipinski definition) is 1. The van der Waals surface area contributed by atoms with Crippen LogP contribution in [0.4, 0.5) is 0 Å². The largest absolute Gasteiger partial charge is 0.338 e. The van der Waals surface area contributed by atoms with Crippen LogP contribution >= 0.6 is 0 Å². The van der Waals surface area contributed by atoms with E-state index in [1.807, 2.05) is 39.0 Å². The van der Waals surface area contributed by atoms with E-state index < -0.39 is 0 Å². The lowest BCUT2D eigenvalue weighted by Crippen LogP contribution is -2.41. The molecular formula is C15H21N3O. The lowest BCUT2D eigenvalue weighted by molar-refractivity contribution is -0.135. The third kappa shape index (κ3) is 3.80. The maximum absolute atomic E-state index is 12.3. The van der Waals surface area contributed by atoms with E-state index in [1.165, 1.54) is 0 Å². The number of nitrogens with two attached hydrogens (primary N) is 1. The van der Waals surface area contributed by atoms with Crippen LogP contribution in [0.3, 0.4) is 0 Å². The van der Waals surface area contributed by atoms with Crippen molar-refractivity contribution in [3.05, 3.63) is 35.4 Å². The molecular weight excluding hydrogens is 238 g/mol. The molecule has 0 spiro atoms. The number of nitrogens with zero attached hydrogens (tertiary/aromatic N) is 2. The number of nitriles is 1. The molecule has 1 rings (SSSR count). The average molecular weight is 259 g/mol. The van der Waals surface area contributed by atoms with Crippen LogP contribution in [0.5, 0.6) is 0 Å². The van der Waals surface area contributed by atoms with Gasteiger partial charge in [-0.25, -0.2) is 0 Å². The van der Waals surface area contributed by atoms with Crippen LogP contribution in [0.15, 0.2) is 24.3 Å². The molecule has 4 nitrogen and oxygen atoms in total. The molecule has 0 aliphatic heterocycles. The van der Waals surface area contributed by atoms with Crippen molar-refractivity contribution in [1.29, 1.82) is 5.26 Å². The Morgan fingerprint density at radius 1 is 1.42 bits per heavy atom. The minimum absolute atomic E-state index is 0.0326. The Hall–Kier alpha value is -1.86. The lowest BCUT2D eigenvalue weighted by atomic mass is 10.0. The summed E-state index contributed by atoms with van der Waals surface area (Å²) in [6, 6.07) is 9.33. The van der Waals surface area contributed by atoms with Gasteiger partial charge in [-0.05, 0) is 25.5 Å². The van der Waals surface area contributed by atoms with Crippen LogP contribution in [-0.2, 0) is 11.3 Å². The molecule has 19 heavy (non-hydrogen) atoms. The van der Waals surface area contributed by atoms with Crippen LogP contribution in [0.2, 0.25) is 0 Å². The Labute approximate surface area is 114 Å². The van der Waals surface area contributed by atoms with E-state index in [4.69, 9.17) is 11.0 Å². The van der Waals surface area contributed by atoms with E-state index in [1.54, 1.807) is 11.0 Å². The Kier molecular flexibility index (Phi) is 5.53. The highest BCUT2D eigenvalue weighted by atomic mass is 16.2. The second-order valence-electron chi connectivity index (χ2n) is 4.77. The van der Waals surface area contributed by atoms with Gasteiger partial charge in [0.1, 0.15) is 0 Å². The first kappa shape index (κ1) is 15.2. The van der Waals surface area contributed by atoms with Crippen molar-refractivity contribution in [1.82, 2.24) is 4.90 Å². The van der Waals surface area contributed by atoms with Crippen LogP contribution in [0.25, 0.3) is 0 Å². The van der Waals surface area contributed by atoms with Gasteiger partial charge < -0.3 is 10.6 Å². The number of carbonyl (C=O) groups is 1. The fourth-order valence-electron chi connectivity index (χ4n) is 1.83. The van der Waals surface area contributed by atoms with E-state index in [2.05, 4.69) is 6.07 Å². The second-order valence-corrected chi connectivity index (χ2v) is 4.77. The lowest BCUT2D eigenvalue weighted by Gasteiger charge is -2.26. The van der Waals surface area contributed by atoms with Crippen molar-refractivity contribution in [3.8, 4) is 6.07 Å². The molecule has 0 radical (unpaired) electrons. The van der Waals surface area contributed by atoms with E-state index in [0.29, 0.717) is 18.7 Å². The van der Waals surface area contributed by atoms with Gasteiger partial charge in [0.25, 0.3) is 0 Å². The highest BCUT2D eigenvalue weighted by molar-refractivity contribution is 5.79. The van der Waals surface area contributed by atoms with E-state index in [9.17, 15) is 4.79 Å². The Morgan fingerprint density at radius 3 is 2.58 bits per heavy atom. The minimum atomic E-state index is -0.214. The molecule has 0 bridgehead atoms. The van der Waals surface area contributed by atoms with Crippen LogP contribution in [-0.4, -0.2) is 23.4 Å². The summed E-state index contributed by atoms with van der Waals surface area (Å²) in [5.74, 6) is -0.181. The zero-order valence-corrected chi connectivity index (χ0v) is 11.8. The SMILES string of the molecule is CCN(Cc1ccccc1C#N)C(=O)C(C)C(C)N. The summed E-state index contributed by atoms with van der Waals surface area (Å²) in [6.07, 6.45) is 0. The number of hydrogen-bond acceptors (Lipinski definition) is 3. The van der Waals surface area contributed by atoms with Gasteiger partial charge in [0, 0.05) is 19.1 Å². The third-order valence-electron chi connectivity index (χ3n) is 3.37. The normalized spacial score (nSPS) is 13.4. The Balaban J connectivity index is 2.89. The number of benzene rings is 1. The van der Waals surface area contributed by atoms with Crippen molar-refractivity contribution in [3.63, 3.8) is 0 Å². The average Bonchev–Trinajstić information content (AvgIpc) is 2.43. The number of amides is 1. The predicted octanol–water partition coefficient (Wildman–Crippen LogP) is 1.89. The van der Waals surface area contributed by atoms with Gasteiger partial charge in [0.2, 0.25) is 5.91 Å². The second kappa shape index (κ2) is 6.91. The first-order chi connectivity index (χ1) is 9.01. The van der Waals surface area contributed by atoms with Crippen molar-refractivity contribution < 1.29 is 4.79 Å². The number of rotatable bonds is 5. The summed E-state index contributed by atoms with van der Waals surface area (Å²) in [7, 11) is 0. The maximum atomic E-state index is 12.3. The summed E-state index contributed by atoms with van der Waals surface area (Å²) in [6.45, 7) is 6.66.